The van der Waals surface area contributed by atoms with Crippen molar-refractivity contribution in [1.82, 2.24) is 4.98 Å². The molecule has 0 unspecified atom stereocenters. The minimum Gasteiger partial charge on any atom is -0.492 e. The topological polar surface area (TPSA) is 51.2 Å². The van der Waals surface area contributed by atoms with E-state index in [0.717, 1.165) is 33.2 Å². The van der Waals surface area contributed by atoms with E-state index in [-0.39, 0.29) is 5.91 Å². The second-order valence-electron chi connectivity index (χ2n) is 4.77. The lowest BCUT2D eigenvalue weighted by atomic mass is 10.1. The molecule has 0 saturated carbocycles. The number of ether oxygens (including phenoxy) is 1. The Morgan fingerprint density at radius 2 is 1.90 bits per heavy atom. The number of pyridine rings is 1. The smallest absolute Gasteiger partial charge is 0.221 e. The highest BCUT2D eigenvalue weighted by atomic mass is 16.5. The van der Waals surface area contributed by atoms with Crippen molar-refractivity contribution >= 4 is 33.4 Å². The molecule has 0 spiro atoms. The molecule has 1 amide bonds. The Labute approximate surface area is 122 Å². The van der Waals surface area contributed by atoms with Gasteiger partial charge in [-0.15, -0.1) is 0 Å². The summed E-state index contributed by atoms with van der Waals surface area (Å²) >= 11 is 0. The molecule has 0 aliphatic carbocycles. The zero-order valence-electron chi connectivity index (χ0n) is 12.0. The number of rotatable bonds is 3. The molecule has 3 rings (SSSR count). The number of nitrogens with one attached hydrogen (secondary N) is 1. The molecule has 3 aromatic rings. The SMILES string of the molecule is CCOc1c2ccccc2nc2cccc(NC(C)=O)c12. The van der Waals surface area contributed by atoms with Gasteiger partial charge in [-0.25, -0.2) is 4.98 Å². The third kappa shape index (κ3) is 2.40. The monoisotopic (exact) mass is 280 g/mol. The van der Waals surface area contributed by atoms with Gasteiger partial charge in [-0.05, 0) is 31.2 Å². The van der Waals surface area contributed by atoms with Gasteiger partial charge in [0.2, 0.25) is 5.91 Å². The molecule has 4 nitrogen and oxygen atoms in total. The van der Waals surface area contributed by atoms with E-state index in [0.29, 0.717) is 6.61 Å². The average Bonchev–Trinajstić information content (AvgIpc) is 2.46. The second kappa shape index (κ2) is 5.40. The number of hydrogen-bond acceptors (Lipinski definition) is 3. The van der Waals surface area contributed by atoms with E-state index < -0.39 is 0 Å². The summed E-state index contributed by atoms with van der Waals surface area (Å²) in [7, 11) is 0. The number of amides is 1. The highest BCUT2D eigenvalue weighted by Gasteiger charge is 2.14. The van der Waals surface area contributed by atoms with Crippen LogP contribution in [0.3, 0.4) is 0 Å². The van der Waals surface area contributed by atoms with Crippen molar-refractivity contribution in [3.05, 3.63) is 42.5 Å². The van der Waals surface area contributed by atoms with E-state index in [9.17, 15) is 4.79 Å². The third-order valence-corrected chi connectivity index (χ3v) is 3.26. The largest absolute Gasteiger partial charge is 0.492 e. The van der Waals surface area contributed by atoms with Gasteiger partial charge in [-0.3, -0.25) is 4.79 Å². The van der Waals surface area contributed by atoms with Crippen LogP contribution in [0.25, 0.3) is 21.8 Å². The van der Waals surface area contributed by atoms with Gasteiger partial charge in [0.15, 0.2) is 0 Å². The Morgan fingerprint density at radius 3 is 2.67 bits per heavy atom. The standard InChI is InChI=1S/C17H16N2O2/c1-3-21-17-12-7-4-5-8-13(12)19-15-10-6-9-14(16(15)17)18-11(2)20/h4-10H,3H2,1-2H3,(H,18,20). The normalized spacial score (nSPS) is 10.8. The van der Waals surface area contributed by atoms with E-state index in [2.05, 4.69) is 10.3 Å². The number of nitrogens with zero attached hydrogens (tertiary/aromatic N) is 1. The summed E-state index contributed by atoms with van der Waals surface area (Å²) in [4.78, 5) is 16.1. The fourth-order valence-corrected chi connectivity index (χ4v) is 2.49. The first-order chi connectivity index (χ1) is 10.2. The molecule has 0 aliphatic rings. The lowest BCUT2D eigenvalue weighted by Gasteiger charge is -2.14. The number of hydrogen-bond donors (Lipinski definition) is 1. The van der Waals surface area contributed by atoms with Gasteiger partial charge in [0.05, 0.1) is 28.7 Å². The van der Waals surface area contributed by atoms with Gasteiger partial charge in [-0.2, -0.15) is 0 Å². The number of fused-ring (bicyclic) bond motifs is 2. The first-order valence-corrected chi connectivity index (χ1v) is 6.92. The quantitative estimate of drug-likeness (QED) is 0.743. The lowest BCUT2D eigenvalue weighted by Crippen LogP contribution is -2.07. The number of para-hydroxylation sites is 1. The zero-order valence-corrected chi connectivity index (χ0v) is 12.0. The van der Waals surface area contributed by atoms with E-state index in [4.69, 9.17) is 4.74 Å². The summed E-state index contributed by atoms with van der Waals surface area (Å²) in [6.45, 7) is 3.99. The Morgan fingerprint density at radius 1 is 1.14 bits per heavy atom. The molecule has 1 N–H and O–H groups in total. The van der Waals surface area contributed by atoms with Crippen molar-refractivity contribution in [1.29, 1.82) is 0 Å². The Kier molecular flexibility index (Phi) is 3.44. The number of carbonyl (C=O) groups excluding carboxylic acids is 1. The molecule has 106 valence electrons. The predicted octanol–water partition coefficient (Wildman–Crippen LogP) is 3.75. The van der Waals surface area contributed by atoms with E-state index in [1.165, 1.54) is 6.92 Å². The van der Waals surface area contributed by atoms with E-state index in [1.807, 2.05) is 49.4 Å². The van der Waals surface area contributed by atoms with Crippen molar-refractivity contribution in [2.45, 2.75) is 13.8 Å². The lowest BCUT2D eigenvalue weighted by molar-refractivity contribution is -0.114. The summed E-state index contributed by atoms with van der Waals surface area (Å²) in [5.41, 5.74) is 2.42. The fraction of sp³-hybridized carbons (Fsp3) is 0.176. The molecular weight excluding hydrogens is 264 g/mol. The highest BCUT2D eigenvalue weighted by molar-refractivity contribution is 6.09. The second-order valence-corrected chi connectivity index (χ2v) is 4.77. The first-order valence-electron chi connectivity index (χ1n) is 6.92. The third-order valence-electron chi connectivity index (χ3n) is 3.26. The summed E-state index contributed by atoms with van der Waals surface area (Å²) < 4.78 is 5.86. The zero-order chi connectivity index (χ0) is 14.8. The predicted molar refractivity (Wildman–Crippen MR) is 84.7 cm³/mol. The van der Waals surface area contributed by atoms with Crippen LogP contribution in [0.15, 0.2) is 42.5 Å². The Balaban J connectivity index is 2.41. The number of carbonyl (C=O) groups is 1. The molecule has 1 heterocycles. The van der Waals surface area contributed by atoms with Gasteiger partial charge in [-0.1, -0.05) is 18.2 Å². The molecule has 0 bridgehead atoms. The van der Waals surface area contributed by atoms with Crippen molar-refractivity contribution in [3.63, 3.8) is 0 Å². The maximum Gasteiger partial charge on any atom is 0.221 e. The molecule has 0 fully saturated rings. The number of benzene rings is 2. The van der Waals surface area contributed by atoms with E-state index >= 15 is 0 Å². The Hall–Kier alpha value is -2.62. The van der Waals surface area contributed by atoms with Gasteiger partial charge < -0.3 is 10.1 Å². The maximum absolute atomic E-state index is 11.4. The molecular formula is C17H16N2O2. The number of aromatic nitrogens is 1. The molecule has 2 aromatic carbocycles. The minimum absolute atomic E-state index is 0.113. The van der Waals surface area contributed by atoms with Crippen LogP contribution in [0.1, 0.15) is 13.8 Å². The molecule has 0 radical (unpaired) electrons. The highest BCUT2D eigenvalue weighted by Crippen LogP contribution is 2.37. The van der Waals surface area contributed by atoms with Crippen LogP contribution in [0, 0.1) is 0 Å². The maximum atomic E-state index is 11.4. The first kappa shape index (κ1) is 13.4. The van der Waals surface area contributed by atoms with Crippen LogP contribution in [0.2, 0.25) is 0 Å². The van der Waals surface area contributed by atoms with E-state index in [1.54, 1.807) is 0 Å². The van der Waals surface area contributed by atoms with Crippen LogP contribution in [0.4, 0.5) is 5.69 Å². The molecule has 1 aromatic heterocycles. The molecule has 0 atom stereocenters. The van der Waals surface area contributed by atoms with Crippen molar-refractivity contribution in [2.24, 2.45) is 0 Å². The molecule has 0 saturated heterocycles. The molecule has 4 heteroatoms. The van der Waals surface area contributed by atoms with Gasteiger partial charge in [0.25, 0.3) is 0 Å². The fourth-order valence-electron chi connectivity index (χ4n) is 2.49. The Bertz CT molecular complexity index is 827. The summed E-state index contributed by atoms with van der Waals surface area (Å²) in [5.74, 6) is 0.653. The van der Waals surface area contributed by atoms with Crippen molar-refractivity contribution in [2.75, 3.05) is 11.9 Å². The summed E-state index contributed by atoms with van der Waals surface area (Å²) in [6.07, 6.45) is 0. The van der Waals surface area contributed by atoms with Gasteiger partial charge in [0.1, 0.15) is 5.75 Å². The minimum atomic E-state index is -0.113. The van der Waals surface area contributed by atoms with Crippen LogP contribution >= 0.6 is 0 Å². The van der Waals surface area contributed by atoms with Gasteiger partial charge in [0, 0.05) is 12.3 Å². The molecule has 21 heavy (non-hydrogen) atoms. The van der Waals surface area contributed by atoms with Crippen LogP contribution in [-0.2, 0) is 4.79 Å². The number of anilines is 1. The van der Waals surface area contributed by atoms with Crippen molar-refractivity contribution in [3.8, 4) is 5.75 Å². The van der Waals surface area contributed by atoms with Crippen LogP contribution < -0.4 is 10.1 Å². The molecule has 0 aliphatic heterocycles. The van der Waals surface area contributed by atoms with Crippen LogP contribution in [0.5, 0.6) is 5.75 Å². The van der Waals surface area contributed by atoms with Crippen molar-refractivity contribution < 1.29 is 9.53 Å². The van der Waals surface area contributed by atoms with Gasteiger partial charge >= 0.3 is 0 Å². The average molecular weight is 280 g/mol. The van der Waals surface area contributed by atoms with Crippen LogP contribution in [-0.4, -0.2) is 17.5 Å². The summed E-state index contributed by atoms with van der Waals surface area (Å²) in [5, 5.41) is 4.64. The summed E-state index contributed by atoms with van der Waals surface area (Å²) in [6, 6.07) is 13.5.